The molecule has 1 heterocycles. The van der Waals surface area contributed by atoms with E-state index in [9.17, 15) is 4.79 Å². The Morgan fingerprint density at radius 3 is 2.77 bits per heavy atom. The van der Waals surface area contributed by atoms with E-state index in [1.54, 1.807) is 0 Å². The van der Waals surface area contributed by atoms with Gasteiger partial charge in [-0.1, -0.05) is 27.7 Å². The van der Waals surface area contributed by atoms with Gasteiger partial charge in [0.05, 0.1) is 25.9 Å². The van der Waals surface area contributed by atoms with Crippen LogP contribution in [0.25, 0.3) is 0 Å². The van der Waals surface area contributed by atoms with E-state index in [0.717, 1.165) is 46.0 Å². The molecule has 6 nitrogen and oxygen atoms in total. The molecule has 130 valence electrons. The Labute approximate surface area is 134 Å². The predicted molar refractivity (Wildman–Crippen MR) is 88.0 cm³/mol. The standard InChI is InChI=1S/C16H33N3O3/c1-13(2)16(20)18-11-15-12-19(7-10-22-15)6-9-21-8-5-17-14(3)4/h13-15,17H,5-12H2,1-4H3,(H,18,20). The zero-order valence-corrected chi connectivity index (χ0v) is 14.6. The minimum Gasteiger partial charge on any atom is -0.379 e. The van der Waals surface area contributed by atoms with Crippen molar-refractivity contribution in [2.24, 2.45) is 5.92 Å². The van der Waals surface area contributed by atoms with Gasteiger partial charge in [0.25, 0.3) is 0 Å². The van der Waals surface area contributed by atoms with Gasteiger partial charge in [0, 0.05) is 44.7 Å². The summed E-state index contributed by atoms with van der Waals surface area (Å²) >= 11 is 0. The average Bonchev–Trinajstić information content (AvgIpc) is 2.48. The van der Waals surface area contributed by atoms with Gasteiger partial charge in [-0.25, -0.2) is 0 Å². The minimum absolute atomic E-state index is 0.0209. The molecule has 0 bridgehead atoms. The number of morpholine rings is 1. The Hall–Kier alpha value is -0.690. The Morgan fingerprint density at radius 1 is 1.32 bits per heavy atom. The summed E-state index contributed by atoms with van der Waals surface area (Å²) in [5.74, 6) is 0.106. The van der Waals surface area contributed by atoms with Gasteiger partial charge in [-0.15, -0.1) is 0 Å². The van der Waals surface area contributed by atoms with Gasteiger partial charge in [-0.3, -0.25) is 9.69 Å². The molecule has 22 heavy (non-hydrogen) atoms. The first-order valence-electron chi connectivity index (χ1n) is 8.41. The lowest BCUT2D eigenvalue weighted by atomic mass is 10.2. The molecule has 0 spiro atoms. The number of carbonyl (C=O) groups is 1. The van der Waals surface area contributed by atoms with Crippen LogP contribution >= 0.6 is 0 Å². The summed E-state index contributed by atoms with van der Waals surface area (Å²) in [5, 5.41) is 6.27. The molecular weight excluding hydrogens is 282 g/mol. The SMILES string of the molecule is CC(C)NCCOCCN1CCOC(CNC(=O)C(C)C)C1. The molecule has 1 amide bonds. The van der Waals surface area contributed by atoms with Gasteiger partial charge in [0.1, 0.15) is 0 Å². The molecule has 0 saturated carbocycles. The summed E-state index contributed by atoms with van der Waals surface area (Å²) in [6.07, 6.45) is 0.0825. The number of carbonyl (C=O) groups excluding carboxylic acids is 1. The fourth-order valence-electron chi connectivity index (χ4n) is 2.24. The average molecular weight is 315 g/mol. The predicted octanol–water partition coefficient (Wildman–Crippen LogP) is 0.474. The van der Waals surface area contributed by atoms with Crippen molar-refractivity contribution < 1.29 is 14.3 Å². The summed E-state index contributed by atoms with van der Waals surface area (Å²) in [5.41, 5.74) is 0. The Morgan fingerprint density at radius 2 is 2.09 bits per heavy atom. The molecule has 0 aromatic rings. The molecule has 0 aromatic heterocycles. The fraction of sp³-hybridized carbons (Fsp3) is 0.938. The number of rotatable bonds is 10. The normalized spacial score (nSPS) is 19.8. The summed E-state index contributed by atoms with van der Waals surface area (Å²) in [7, 11) is 0. The summed E-state index contributed by atoms with van der Waals surface area (Å²) in [4.78, 5) is 13.9. The van der Waals surface area contributed by atoms with Crippen molar-refractivity contribution in [2.75, 3.05) is 52.5 Å². The van der Waals surface area contributed by atoms with E-state index in [1.165, 1.54) is 0 Å². The van der Waals surface area contributed by atoms with Crippen LogP contribution in [-0.2, 0) is 14.3 Å². The monoisotopic (exact) mass is 315 g/mol. The second-order valence-corrected chi connectivity index (χ2v) is 6.41. The van der Waals surface area contributed by atoms with Crippen LogP contribution in [0.2, 0.25) is 0 Å². The molecule has 0 radical (unpaired) electrons. The molecule has 2 N–H and O–H groups in total. The second-order valence-electron chi connectivity index (χ2n) is 6.41. The third-order valence-corrected chi connectivity index (χ3v) is 3.60. The molecule has 0 aliphatic carbocycles. The van der Waals surface area contributed by atoms with Crippen LogP contribution in [0.3, 0.4) is 0 Å². The highest BCUT2D eigenvalue weighted by atomic mass is 16.5. The zero-order chi connectivity index (χ0) is 16.4. The van der Waals surface area contributed by atoms with Crippen molar-refractivity contribution in [1.82, 2.24) is 15.5 Å². The van der Waals surface area contributed by atoms with E-state index in [0.29, 0.717) is 12.6 Å². The maximum Gasteiger partial charge on any atom is 0.222 e. The Bertz CT molecular complexity index is 311. The van der Waals surface area contributed by atoms with Gasteiger partial charge in [0.15, 0.2) is 0 Å². The van der Waals surface area contributed by atoms with E-state index in [1.807, 2.05) is 13.8 Å². The summed E-state index contributed by atoms with van der Waals surface area (Å²) < 4.78 is 11.3. The van der Waals surface area contributed by atoms with E-state index >= 15 is 0 Å². The highest BCUT2D eigenvalue weighted by molar-refractivity contribution is 5.77. The number of nitrogens with zero attached hydrogens (tertiary/aromatic N) is 1. The molecular formula is C16H33N3O3. The van der Waals surface area contributed by atoms with Gasteiger partial charge < -0.3 is 20.1 Å². The summed E-state index contributed by atoms with van der Waals surface area (Å²) in [6.45, 7) is 14.4. The highest BCUT2D eigenvalue weighted by Crippen LogP contribution is 2.04. The molecule has 1 unspecified atom stereocenters. The fourth-order valence-corrected chi connectivity index (χ4v) is 2.24. The first-order chi connectivity index (χ1) is 10.5. The van der Waals surface area contributed by atoms with Crippen molar-refractivity contribution in [2.45, 2.75) is 39.8 Å². The van der Waals surface area contributed by atoms with E-state index in [-0.39, 0.29) is 17.9 Å². The number of amides is 1. The number of hydrogen-bond donors (Lipinski definition) is 2. The van der Waals surface area contributed by atoms with Gasteiger partial charge in [-0.05, 0) is 0 Å². The molecule has 0 aromatic carbocycles. The highest BCUT2D eigenvalue weighted by Gasteiger charge is 2.21. The first kappa shape index (κ1) is 19.4. The first-order valence-corrected chi connectivity index (χ1v) is 8.41. The quantitative estimate of drug-likeness (QED) is 0.574. The van der Waals surface area contributed by atoms with Crippen LogP contribution in [-0.4, -0.2) is 75.5 Å². The van der Waals surface area contributed by atoms with Gasteiger partial charge in [0.2, 0.25) is 5.91 Å². The molecule has 1 rings (SSSR count). The van der Waals surface area contributed by atoms with Crippen molar-refractivity contribution in [3.05, 3.63) is 0 Å². The largest absolute Gasteiger partial charge is 0.379 e. The molecule has 1 atom stereocenters. The van der Waals surface area contributed by atoms with Crippen molar-refractivity contribution >= 4 is 5.91 Å². The Balaban J connectivity index is 2.09. The molecule has 6 heteroatoms. The minimum atomic E-state index is 0.0209. The lowest BCUT2D eigenvalue weighted by molar-refractivity contribution is -0.125. The van der Waals surface area contributed by atoms with Crippen LogP contribution in [0.15, 0.2) is 0 Å². The maximum absolute atomic E-state index is 11.6. The summed E-state index contributed by atoms with van der Waals surface area (Å²) in [6, 6.07) is 0.504. The third-order valence-electron chi connectivity index (χ3n) is 3.60. The lowest BCUT2D eigenvalue weighted by Crippen LogP contribution is -2.48. The van der Waals surface area contributed by atoms with Gasteiger partial charge in [-0.2, -0.15) is 0 Å². The maximum atomic E-state index is 11.6. The number of nitrogens with one attached hydrogen (secondary N) is 2. The van der Waals surface area contributed by atoms with Crippen molar-refractivity contribution in [3.8, 4) is 0 Å². The topological polar surface area (TPSA) is 62.8 Å². The second kappa shape index (κ2) is 10.9. The van der Waals surface area contributed by atoms with Crippen LogP contribution in [0, 0.1) is 5.92 Å². The van der Waals surface area contributed by atoms with Crippen LogP contribution in [0.1, 0.15) is 27.7 Å². The number of ether oxygens (including phenoxy) is 2. The molecule has 1 saturated heterocycles. The Kier molecular flexibility index (Phi) is 9.63. The van der Waals surface area contributed by atoms with Crippen LogP contribution < -0.4 is 10.6 Å². The van der Waals surface area contributed by atoms with Crippen molar-refractivity contribution in [1.29, 1.82) is 0 Å². The van der Waals surface area contributed by atoms with Crippen molar-refractivity contribution in [3.63, 3.8) is 0 Å². The number of hydrogen-bond acceptors (Lipinski definition) is 5. The van der Waals surface area contributed by atoms with E-state index in [2.05, 4.69) is 29.4 Å². The third kappa shape index (κ3) is 8.68. The van der Waals surface area contributed by atoms with Crippen LogP contribution in [0.4, 0.5) is 0 Å². The lowest BCUT2D eigenvalue weighted by Gasteiger charge is -2.33. The molecule has 1 fully saturated rings. The smallest absolute Gasteiger partial charge is 0.222 e. The van der Waals surface area contributed by atoms with E-state index < -0.39 is 0 Å². The molecule has 1 aliphatic rings. The van der Waals surface area contributed by atoms with Crippen LogP contribution in [0.5, 0.6) is 0 Å². The zero-order valence-electron chi connectivity index (χ0n) is 14.6. The van der Waals surface area contributed by atoms with E-state index in [4.69, 9.17) is 9.47 Å². The van der Waals surface area contributed by atoms with Gasteiger partial charge >= 0.3 is 0 Å². The molecule has 1 aliphatic heterocycles.